The Labute approximate surface area is 63.0 Å². The van der Waals surface area contributed by atoms with E-state index in [1.54, 1.807) is 6.92 Å². The summed E-state index contributed by atoms with van der Waals surface area (Å²) in [6, 6.07) is 0. The number of nitrogens with zero attached hydrogens (tertiary/aromatic N) is 1. The predicted octanol–water partition coefficient (Wildman–Crippen LogP) is -0.148. The molecule has 1 aliphatic rings. The second kappa shape index (κ2) is 3.14. The van der Waals surface area contributed by atoms with E-state index in [2.05, 4.69) is 14.7 Å². The zero-order valence-corrected chi connectivity index (χ0v) is 5.99. The molecule has 1 aliphatic heterocycles. The van der Waals surface area contributed by atoms with E-state index in [0.717, 1.165) is 0 Å². The van der Waals surface area contributed by atoms with Gasteiger partial charge < -0.3 is 9.57 Å². The lowest BCUT2D eigenvalue weighted by molar-refractivity contribution is -0.140. The number of oxime groups is 1. The number of rotatable bonds is 2. The summed E-state index contributed by atoms with van der Waals surface area (Å²) in [5.41, 5.74) is 0.0388. The molecule has 0 amide bonds. The van der Waals surface area contributed by atoms with Crippen LogP contribution in [0, 0.1) is 0 Å². The van der Waals surface area contributed by atoms with Crippen molar-refractivity contribution in [2.24, 2.45) is 5.16 Å². The maximum Gasteiger partial charge on any atom is 0.356 e. The molecule has 0 atom stereocenters. The van der Waals surface area contributed by atoms with E-state index < -0.39 is 11.9 Å². The van der Waals surface area contributed by atoms with Crippen LogP contribution in [-0.2, 0) is 19.2 Å². The second-order valence-corrected chi connectivity index (χ2v) is 1.90. The Morgan fingerprint density at radius 1 is 1.82 bits per heavy atom. The molecule has 0 N–H and O–H groups in total. The van der Waals surface area contributed by atoms with E-state index in [0.29, 0.717) is 0 Å². The lowest BCUT2D eigenvalue weighted by Gasteiger charge is -1.95. The molecule has 1 rings (SSSR count). The van der Waals surface area contributed by atoms with Gasteiger partial charge in [-0.2, -0.15) is 0 Å². The molecule has 11 heavy (non-hydrogen) atoms. The van der Waals surface area contributed by atoms with Crippen LogP contribution in [0.2, 0.25) is 0 Å². The SMILES string of the molecule is CCOC(=O)C1=NOC(=O)C1. The van der Waals surface area contributed by atoms with Crippen LogP contribution in [0.4, 0.5) is 0 Å². The van der Waals surface area contributed by atoms with Gasteiger partial charge in [-0.05, 0) is 6.92 Å². The molecule has 0 spiro atoms. The van der Waals surface area contributed by atoms with Crippen molar-refractivity contribution in [2.45, 2.75) is 13.3 Å². The number of ether oxygens (including phenoxy) is 1. The van der Waals surface area contributed by atoms with Gasteiger partial charge in [0.05, 0.1) is 6.61 Å². The summed E-state index contributed by atoms with van der Waals surface area (Å²) in [6.45, 7) is 1.95. The van der Waals surface area contributed by atoms with E-state index in [9.17, 15) is 9.59 Å². The highest BCUT2D eigenvalue weighted by Crippen LogP contribution is 2.03. The van der Waals surface area contributed by atoms with Crippen LogP contribution in [-0.4, -0.2) is 24.3 Å². The van der Waals surface area contributed by atoms with Crippen molar-refractivity contribution >= 4 is 17.7 Å². The van der Waals surface area contributed by atoms with Gasteiger partial charge in [-0.15, -0.1) is 0 Å². The van der Waals surface area contributed by atoms with E-state index in [1.807, 2.05) is 0 Å². The third kappa shape index (κ3) is 1.76. The summed E-state index contributed by atoms with van der Waals surface area (Å²) in [5.74, 6) is -1.11. The molecule has 0 aromatic heterocycles. The first kappa shape index (κ1) is 7.71. The van der Waals surface area contributed by atoms with Crippen molar-refractivity contribution in [1.82, 2.24) is 0 Å². The van der Waals surface area contributed by atoms with Gasteiger partial charge in [-0.1, -0.05) is 5.16 Å². The molecule has 5 heteroatoms. The fraction of sp³-hybridized carbons (Fsp3) is 0.500. The maximum absolute atomic E-state index is 10.8. The molecule has 60 valence electrons. The minimum atomic E-state index is -0.585. The number of esters is 1. The first-order valence-electron chi connectivity index (χ1n) is 3.18. The molecule has 0 unspecified atom stereocenters. The predicted molar refractivity (Wildman–Crippen MR) is 34.8 cm³/mol. The monoisotopic (exact) mass is 157 g/mol. The molecule has 0 saturated carbocycles. The van der Waals surface area contributed by atoms with E-state index >= 15 is 0 Å². The Bertz CT molecular complexity index is 221. The smallest absolute Gasteiger partial charge is 0.356 e. The third-order valence-corrected chi connectivity index (χ3v) is 1.08. The molecule has 0 aliphatic carbocycles. The largest absolute Gasteiger partial charge is 0.461 e. The molecule has 0 saturated heterocycles. The van der Waals surface area contributed by atoms with Crippen LogP contribution in [0.3, 0.4) is 0 Å². The van der Waals surface area contributed by atoms with Crippen LogP contribution >= 0.6 is 0 Å². The van der Waals surface area contributed by atoms with Crippen LogP contribution in [0.25, 0.3) is 0 Å². The number of carbonyl (C=O) groups excluding carboxylic acids is 2. The summed E-state index contributed by atoms with van der Waals surface area (Å²) in [5, 5.41) is 3.23. The van der Waals surface area contributed by atoms with Gasteiger partial charge >= 0.3 is 11.9 Å². The van der Waals surface area contributed by atoms with Gasteiger partial charge in [0.25, 0.3) is 0 Å². The van der Waals surface area contributed by atoms with Crippen molar-refractivity contribution in [3.63, 3.8) is 0 Å². The number of hydrogen-bond acceptors (Lipinski definition) is 5. The van der Waals surface area contributed by atoms with Crippen LogP contribution in [0.1, 0.15) is 13.3 Å². The van der Waals surface area contributed by atoms with Crippen LogP contribution in [0.5, 0.6) is 0 Å². The molecule has 0 radical (unpaired) electrons. The van der Waals surface area contributed by atoms with Crippen molar-refractivity contribution in [3.05, 3.63) is 0 Å². The van der Waals surface area contributed by atoms with Gasteiger partial charge in [0.1, 0.15) is 6.42 Å². The van der Waals surface area contributed by atoms with Gasteiger partial charge in [0, 0.05) is 0 Å². The molecule has 0 bridgehead atoms. The first-order chi connectivity index (χ1) is 5.24. The number of carbonyl (C=O) groups is 2. The Hall–Kier alpha value is -1.39. The number of hydrogen-bond donors (Lipinski definition) is 0. The molecular formula is C6H7NO4. The first-order valence-corrected chi connectivity index (χ1v) is 3.18. The molecule has 5 nitrogen and oxygen atoms in total. The van der Waals surface area contributed by atoms with E-state index in [4.69, 9.17) is 0 Å². The third-order valence-electron chi connectivity index (χ3n) is 1.08. The lowest BCUT2D eigenvalue weighted by Crippen LogP contribution is -2.16. The van der Waals surface area contributed by atoms with Crippen molar-refractivity contribution in [3.8, 4) is 0 Å². The van der Waals surface area contributed by atoms with Gasteiger partial charge in [-0.3, -0.25) is 0 Å². The quantitative estimate of drug-likeness (QED) is 0.413. The van der Waals surface area contributed by atoms with Gasteiger partial charge in [-0.25, -0.2) is 9.59 Å². The Balaban J connectivity index is 2.49. The molecule has 0 aromatic rings. The average Bonchev–Trinajstić information content (AvgIpc) is 2.36. The minimum Gasteiger partial charge on any atom is -0.461 e. The molecule has 0 aromatic carbocycles. The summed E-state index contributed by atoms with van der Waals surface area (Å²) in [4.78, 5) is 25.4. The Morgan fingerprint density at radius 2 is 2.55 bits per heavy atom. The van der Waals surface area contributed by atoms with Crippen molar-refractivity contribution < 1.29 is 19.2 Å². The van der Waals surface area contributed by atoms with Crippen LogP contribution < -0.4 is 0 Å². The topological polar surface area (TPSA) is 65.0 Å². The summed E-state index contributed by atoms with van der Waals surface area (Å²) >= 11 is 0. The minimum absolute atomic E-state index is 0.0388. The highest BCUT2D eigenvalue weighted by Gasteiger charge is 2.24. The fourth-order valence-electron chi connectivity index (χ4n) is 0.631. The van der Waals surface area contributed by atoms with Gasteiger partial charge in [0.2, 0.25) is 0 Å². The maximum atomic E-state index is 10.8. The fourth-order valence-corrected chi connectivity index (χ4v) is 0.631. The molecular weight excluding hydrogens is 150 g/mol. The van der Waals surface area contributed by atoms with Gasteiger partial charge in [0.15, 0.2) is 5.71 Å². The average molecular weight is 157 g/mol. The second-order valence-electron chi connectivity index (χ2n) is 1.90. The zero-order valence-electron chi connectivity index (χ0n) is 5.99. The van der Waals surface area contributed by atoms with E-state index in [1.165, 1.54) is 0 Å². The standard InChI is InChI=1S/C6H7NO4/c1-2-10-6(9)4-3-5(8)11-7-4/h2-3H2,1H3. The van der Waals surface area contributed by atoms with Crippen LogP contribution in [0.15, 0.2) is 5.16 Å². The normalized spacial score (nSPS) is 15.7. The highest BCUT2D eigenvalue weighted by molar-refractivity contribution is 6.40. The van der Waals surface area contributed by atoms with Crippen molar-refractivity contribution in [2.75, 3.05) is 6.61 Å². The lowest BCUT2D eigenvalue weighted by atomic mass is 10.3. The van der Waals surface area contributed by atoms with Crippen molar-refractivity contribution in [1.29, 1.82) is 0 Å². The summed E-state index contributed by atoms with van der Waals surface area (Å²) in [6.07, 6.45) is -0.0845. The molecule has 0 fully saturated rings. The Morgan fingerprint density at radius 3 is 3.00 bits per heavy atom. The molecule has 1 heterocycles. The highest BCUT2D eigenvalue weighted by atomic mass is 16.7. The van der Waals surface area contributed by atoms with E-state index in [-0.39, 0.29) is 18.7 Å². The summed E-state index contributed by atoms with van der Waals surface area (Å²) in [7, 11) is 0. The summed E-state index contributed by atoms with van der Waals surface area (Å²) < 4.78 is 4.57. The zero-order chi connectivity index (χ0) is 8.27. The Kier molecular flexibility index (Phi) is 2.20.